The van der Waals surface area contributed by atoms with E-state index in [1.165, 1.54) is 0 Å². The molecule has 2 aromatic heterocycles. The van der Waals surface area contributed by atoms with E-state index in [1.807, 2.05) is 42.7 Å². The van der Waals surface area contributed by atoms with Crippen LogP contribution in [0, 0.1) is 3.57 Å². The lowest BCUT2D eigenvalue weighted by atomic mass is 9.66. The normalized spacial score (nSPS) is 11.7. The Morgan fingerprint density at radius 1 is 0.833 bits per heavy atom. The van der Waals surface area contributed by atoms with Crippen molar-refractivity contribution in [2.75, 3.05) is 0 Å². The Hall–Kier alpha value is -2.70. The van der Waals surface area contributed by atoms with E-state index in [0.29, 0.717) is 5.02 Å². The molecule has 0 unspecified atom stereocenters. The lowest BCUT2D eigenvalue weighted by Gasteiger charge is -2.36. The number of aromatic nitrogens is 3. The van der Waals surface area contributed by atoms with Crippen molar-refractivity contribution in [3.05, 3.63) is 128 Å². The van der Waals surface area contributed by atoms with Crippen molar-refractivity contribution in [1.82, 2.24) is 15.2 Å². The Bertz CT molecular complexity index is 1280. The predicted molar refractivity (Wildman–Crippen MR) is 130 cm³/mol. The van der Waals surface area contributed by atoms with Crippen LogP contribution in [0.3, 0.4) is 0 Å². The zero-order chi connectivity index (χ0) is 20.6. The molecule has 0 fully saturated rings. The van der Waals surface area contributed by atoms with Gasteiger partial charge in [-0.15, -0.1) is 0 Å². The van der Waals surface area contributed by atoms with Crippen molar-refractivity contribution in [1.29, 1.82) is 0 Å². The van der Waals surface area contributed by atoms with E-state index in [4.69, 9.17) is 16.6 Å². The average molecular weight is 522 g/mol. The van der Waals surface area contributed by atoms with Crippen LogP contribution in [0.4, 0.5) is 0 Å². The number of rotatable bonds is 4. The highest BCUT2D eigenvalue weighted by Gasteiger charge is 2.42. The first kappa shape index (κ1) is 19.3. The van der Waals surface area contributed by atoms with Crippen LogP contribution in [-0.4, -0.2) is 15.2 Å². The van der Waals surface area contributed by atoms with Gasteiger partial charge in [-0.25, -0.2) is 0 Å². The summed E-state index contributed by atoms with van der Waals surface area (Å²) in [6.07, 6.45) is 3.68. The first-order valence-corrected chi connectivity index (χ1v) is 11.0. The number of hydrogen-bond acceptors (Lipinski definition) is 2. The summed E-state index contributed by atoms with van der Waals surface area (Å²) in [6, 6.07) is 29.0. The Kier molecular flexibility index (Phi) is 5.05. The maximum Gasteiger partial charge on any atom is 0.0896 e. The molecular formula is C25H17ClIN3. The van der Waals surface area contributed by atoms with Crippen LogP contribution in [0.25, 0.3) is 10.9 Å². The van der Waals surface area contributed by atoms with Gasteiger partial charge in [0.25, 0.3) is 0 Å². The molecule has 3 aromatic carbocycles. The molecule has 146 valence electrons. The fourth-order valence-corrected chi connectivity index (χ4v) is 4.96. The number of halogens is 2. The molecule has 0 saturated carbocycles. The number of pyridine rings is 1. The topological polar surface area (TPSA) is 41.6 Å². The molecule has 5 rings (SSSR count). The molecule has 2 heterocycles. The molecule has 30 heavy (non-hydrogen) atoms. The molecule has 0 aliphatic heterocycles. The molecule has 0 aliphatic carbocycles. The summed E-state index contributed by atoms with van der Waals surface area (Å²) in [6.45, 7) is 0. The summed E-state index contributed by atoms with van der Waals surface area (Å²) >= 11 is 9.24. The maximum atomic E-state index is 6.90. The largest absolute Gasteiger partial charge is 0.278 e. The molecule has 3 nitrogen and oxygen atoms in total. The minimum atomic E-state index is -0.704. The first-order valence-electron chi connectivity index (χ1n) is 9.56. The maximum absolute atomic E-state index is 6.90. The standard InChI is InChI=1S/C25H17ClIN3/c26-22-12-11-19(27)15-21(22)25(17-7-3-1-4-8-17,18-9-5-2-6-10-18)24-20-16-29-30-23(20)13-14-28-24/h1-16H,(H,29,30). The molecule has 0 amide bonds. The zero-order valence-corrected chi connectivity index (χ0v) is 18.8. The van der Waals surface area contributed by atoms with Gasteiger partial charge >= 0.3 is 0 Å². The SMILES string of the molecule is Clc1ccc(I)cc1C(c1ccccc1)(c1ccccc1)c1nccc2[nH]ncc12. The van der Waals surface area contributed by atoms with E-state index in [0.717, 1.165) is 36.9 Å². The van der Waals surface area contributed by atoms with Crippen LogP contribution in [0.2, 0.25) is 5.02 Å². The molecular weight excluding hydrogens is 505 g/mol. The number of benzene rings is 3. The monoisotopic (exact) mass is 521 g/mol. The number of hydrogen-bond donors (Lipinski definition) is 1. The van der Waals surface area contributed by atoms with Gasteiger partial charge in [0.05, 0.1) is 22.8 Å². The minimum Gasteiger partial charge on any atom is -0.278 e. The summed E-state index contributed by atoms with van der Waals surface area (Å²) < 4.78 is 1.11. The van der Waals surface area contributed by atoms with E-state index in [1.54, 1.807) is 0 Å². The third-order valence-corrected chi connectivity index (χ3v) is 6.47. The first-order chi connectivity index (χ1) is 14.7. The quantitative estimate of drug-likeness (QED) is 0.214. The van der Waals surface area contributed by atoms with Crippen molar-refractivity contribution in [2.45, 2.75) is 5.41 Å². The van der Waals surface area contributed by atoms with Crippen molar-refractivity contribution in [3.63, 3.8) is 0 Å². The van der Waals surface area contributed by atoms with Crippen LogP contribution < -0.4 is 0 Å². The smallest absolute Gasteiger partial charge is 0.0896 e. The van der Waals surface area contributed by atoms with Gasteiger partial charge in [0.15, 0.2) is 0 Å². The molecule has 0 spiro atoms. The van der Waals surface area contributed by atoms with Gasteiger partial charge in [0.1, 0.15) is 0 Å². The number of aromatic amines is 1. The van der Waals surface area contributed by atoms with Crippen LogP contribution in [0.15, 0.2) is 97.3 Å². The third kappa shape index (κ3) is 3.02. The summed E-state index contributed by atoms with van der Waals surface area (Å²) in [4.78, 5) is 4.93. The Labute approximate surface area is 193 Å². The fourth-order valence-electron chi connectivity index (χ4n) is 4.21. The van der Waals surface area contributed by atoms with Crippen LogP contribution in [0.1, 0.15) is 22.4 Å². The van der Waals surface area contributed by atoms with Crippen molar-refractivity contribution in [2.24, 2.45) is 0 Å². The number of H-pyrrole nitrogens is 1. The lowest BCUT2D eigenvalue weighted by Crippen LogP contribution is -2.32. The third-order valence-electron chi connectivity index (χ3n) is 5.47. The molecule has 0 radical (unpaired) electrons. The Morgan fingerprint density at radius 3 is 2.17 bits per heavy atom. The molecule has 5 heteroatoms. The fraction of sp³-hybridized carbons (Fsp3) is 0.0400. The highest BCUT2D eigenvalue weighted by molar-refractivity contribution is 14.1. The van der Waals surface area contributed by atoms with Crippen LogP contribution in [0.5, 0.6) is 0 Å². The predicted octanol–water partition coefficient (Wildman–Crippen LogP) is 6.60. The Balaban J connectivity index is 2.02. The van der Waals surface area contributed by atoms with Crippen LogP contribution in [-0.2, 0) is 5.41 Å². The summed E-state index contributed by atoms with van der Waals surface area (Å²) in [7, 11) is 0. The van der Waals surface area contributed by atoms with E-state index in [2.05, 4.69) is 87.4 Å². The van der Waals surface area contributed by atoms with Gasteiger partial charge in [0, 0.05) is 20.2 Å². The van der Waals surface area contributed by atoms with Gasteiger partial charge in [-0.3, -0.25) is 10.1 Å². The molecule has 0 bridgehead atoms. The van der Waals surface area contributed by atoms with Gasteiger partial charge in [-0.1, -0.05) is 72.3 Å². The molecule has 1 N–H and O–H groups in total. The molecule has 0 aliphatic rings. The summed E-state index contributed by atoms with van der Waals surface area (Å²) in [5, 5.41) is 9.06. The van der Waals surface area contributed by atoms with E-state index >= 15 is 0 Å². The zero-order valence-electron chi connectivity index (χ0n) is 15.9. The Morgan fingerprint density at radius 2 is 1.50 bits per heavy atom. The number of fused-ring (bicyclic) bond motifs is 1. The highest BCUT2D eigenvalue weighted by atomic mass is 127. The minimum absolute atomic E-state index is 0.699. The van der Waals surface area contributed by atoms with E-state index in [9.17, 15) is 0 Å². The van der Waals surface area contributed by atoms with Gasteiger partial charge in [0.2, 0.25) is 0 Å². The van der Waals surface area contributed by atoms with Gasteiger partial charge < -0.3 is 0 Å². The second kappa shape index (κ2) is 7.85. The van der Waals surface area contributed by atoms with E-state index in [-0.39, 0.29) is 0 Å². The molecule has 0 saturated heterocycles. The lowest BCUT2D eigenvalue weighted by molar-refractivity contribution is 0.723. The van der Waals surface area contributed by atoms with Crippen molar-refractivity contribution >= 4 is 45.1 Å². The highest BCUT2D eigenvalue weighted by Crippen LogP contribution is 2.48. The van der Waals surface area contributed by atoms with E-state index < -0.39 is 5.41 Å². The number of nitrogens with zero attached hydrogens (tertiary/aromatic N) is 2. The van der Waals surface area contributed by atoms with Gasteiger partial charge in [-0.05, 0) is 63.5 Å². The van der Waals surface area contributed by atoms with Crippen molar-refractivity contribution in [3.8, 4) is 0 Å². The van der Waals surface area contributed by atoms with Gasteiger partial charge in [-0.2, -0.15) is 5.10 Å². The second-order valence-electron chi connectivity index (χ2n) is 7.10. The molecule has 5 aromatic rings. The second-order valence-corrected chi connectivity index (χ2v) is 8.75. The molecule has 0 atom stereocenters. The number of nitrogens with one attached hydrogen (secondary N) is 1. The van der Waals surface area contributed by atoms with Crippen LogP contribution >= 0.6 is 34.2 Å². The van der Waals surface area contributed by atoms with Crippen molar-refractivity contribution < 1.29 is 0 Å². The average Bonchev–Trinajstić information content (AvgIpc) is 3.28. The summed E-state index contributed by atoms with van der Waals surface area (Å²) in [5.74, 6) is 0. The summed E-state index contributed by atoms with van der Waals surface area (Å²) in [5.41, 5.74) is 4.33.